The predicted octanol–water partition coefficient (Wildman–Crippen LogP) is 3.08. The first-order valence-corrected chi connectivity index (χ1v) is 9.69. The number of aromatic nitrogens is 5. The van der Waals surface area contributed by atoms with Gasteiger partial charge in [0.1, 0.15) is 12.1 Å². The number of carbonyl (C=O) groups is 1. The van der Waals surface area contributed by atoms with Gasteiger partial charge in [0, 0.05) is 12.2 Å². The van der Waals surface area contributed by atoms with Crippen LogP contribution in [0.4, 0.5) is 13.2 Å². The summed E-state index contributed by atoms with van der Waals surface area (Å²) in [7, 11) is 0. The number of carbonyl (C=O) groups excluding carboxylic acids is 1. The fraction of sp³-hybridized carbons (Fsp3) is 0.450. The molecule has 1 amide bonds. The Morgan fingerprint density at radius 1 is 1.13 bits per heavy atom. The molecule has 1 atom stereocenters. The highest BCUT2D eigenvalue weighted by Gasteiger charge is 2.31. The molecule has 0 radical (unpaired) electrons. The van der Waals surface area contributed by atoms with Crippen LogP contribution in [0.1, 0.15) is 55.5 Å². The maximum absolute atomic E-state index is 13.0. The van der Waals surface area contributed by atoms with E-state index in [1.807, 2.05) is 13.8 Å². The maximum Gasteiger partial charge on any atom is 0.417 e. The van der Waals surface area contributed by atoms with Gasteiger partial charge in [-0.3, -0.25) is 19.3 Å². The molecule has 3 rings (SSSR count). The van der Waals surface area contributed by atoms with Crippen LogP contribution in [0.3, 0.4) is 0 Å². The summed E-state index contributed by atoms with van der Waals surface area (Å²) in [5.41, 5.74) is 0.595. The van der Waals surface area contributed by atoms with Crippen molar-refractivity contribution in [2.24, 2.45) is 0 Å². The van der Waals surface area contributed by atoms with Crippen molar-refractivity contribution in [2.75, 3.05) is 0 Å². The average molecular weight is 436 g/mol. The Bertz CT molecular complexity index is 1180. The van der Waals surface area contributed by atoms with E-state index in [1.165, 1.54) is 6.07 Å². The number of hydrogen-bond donors (Lipinski definition) is 1. The van der Waals surface area contributed by atoms with Crippen LogP contribution in [0.5, 0.6) is 0 Å². The Hall–Kier alpha value is -3.24. The van der Waals surface area contributed by atoms with Gasteiger partial charge < -0.3 is 5.32 Å². The highest BCUT2D eigenvalue weighted by molar-refractivity contribution is 5.83. The summed E-state index contributed by atoms with van der Waals surface area (Å²) >= 11 is 0. The predicted molar refractivity (Wildman–Crippen MR) is 107 cm³/mol. The molecular weight excluding hydrogens is 413 g/mol. The molecule has 0 aliphatic heterocycles. The third-order valence-electron chi connectivity index (χ3n) is 4.87. The van der Waals surface area contributed by atoms with Gasteiger partial charge in [0.25, 0.3) is 5.56 Å². The van der Waals surface area contributed by atoms with E-state index in [9.17, 15) is 22.8 Å². The lowest BCUT2D eigenvalue weighted by Gasteiger charge is -2.15. The summed E-state index contributed by atoms with van der Waals surface area (Å²) < 4.78 is 40.7. The van der Waals surface area contributed by atoms with Crippen molar-refractivity contribution >= 4 is 16.8 Å². The normalized spacial score (nSPS) is 13.1. The fourth-order valence-corrected chi connectivity index (χ4v) is 3.39. The van der Waals surface area contributed by atoms with Gasteiger partial charge in [0.05, 0.1) is 34.1 Å². The third kappa shape index (κ3) is 4.44. The van der Waals surface area contributed by atoms with Crippen molar-refractivity contribution in [1.29, 1.82) is 0 Å². The molecule has 8 nitrogen and oxygen atoms in total. The SMILES string of the molecule is Cc1nn(CC(=O)N[C@@H](C)c2ccc(C(F)(F)F)cn2)c(=O)c2c1c(C)nn2C(C)C. The molecule has 0 aliphatic carbocycles. The maximum atomic E-state index is 13.0. The first-order valence-electron chi connectivity index (χ1n) is 9.69. The molecule has 0 bridgehead atoms. The van der Waals surface area contributed by atoms with Crippen molar-refractivity contribution in [1.82, 2.24) is 29.9 Å². The number of nitrogens with one attached hydrogen (secondary N) is 1. The van der Waals surface area contributed by atoms with E-state index in [0.717, 1.165) is 16.9 Å². The molecule has 0 saturated heterocycles. The van der Waals surface area contributed by atoms with Gasteiger partial charge in [-0.2, -0.15) is 23.4 Å². The monoisotopic (exact) mass is 436 g/mol. The third-order valence-corrected chi connectivity index (χ3v) is 4.87. The van der Waals surface area contributed by atoms with Gasteiger partial charge in [-0.15, -0.1) is 0 Å². The van der Waals surface area contributed by atoms with Crippen molar-refractivity contribution in [3.05, 3.63) is 51.3 Å². The van der Waals surface area contributed by atoms with Crippen molar-refractivity contribution in [3.8, 4) is 0 Å². The summed E-state index contributed by atoms with van der Waals surface area (Å²) in [4.78, 5) is 29.3. The Labute approximate surface area is 176 Å². The minimum atomic E-state index is -4.48. The van der Waals surface area contributed by atoms with Crippen LogP contribution in [-0.4, -0.2) is 30.5 Å². The van der Waals surface area contributed by atoms with Gasteiger partial charge in [0.15, 0.2) is 0 Å². The quantitative estimate of drug-likeness (QED) is 0.663. The van der Waals surface area contributed by atoms with E-state index in [4.69, 9.17) is 0 Å². The summed E-state index contributed by atoms with van der Waals surface area (Å²) in [5, 5.41) is 12.0. The van der Waals surface area contributed by atoms with Gasteiger partial charge in [-0.1, -0.05) is 0 Å². The van der Waals surface area contributed by atoms with E-state index in [0.29, 0.717) is 22.3 Å². The van der Waals surface area contributed by atoms with Crippen molar-refractivity contribution < 1.29 is 18.0 Å². The van der Waals surface area contributed by atoms with Gasteiger partial charge in [0.2, 0.25) is 5.91 Å². The van der Waals surface area contributed by atoms with Crippen LogP contribution in [0.15, 0.2) is 23.1 Å². The molecule has 0 aromatic carbocycles. The number of nitrogens with zero attached hydrogens (tertiary/aromatic N) is 5. The van der Waals surface area contributed by atoms with Crippen molar-refractivity contribution in [2.45, 2.75) is 59.4 Å². The van der Waals surface area contributed by atoms with E-state index in [-0.39, 0.29) is 18.3 Å². The fourth-order valence-electron chi connectivity index (χ4n) is 3.39. The van der Waals surface area contributed by atoms with Crippen LogP contribution >= 0.6 is 0 Å². The first-order chi connectivity index (χ1) is 14.4. The zero-order valence-corrected chi connectivity index (χ0v) is 17.8. The summed E-state index contributed by atoms with van der Waals surface area (Å²) in [6.45, 7) is 8.58. The van der Waals surface area contributed by atoms with Crippen LogP contribution < -0.4 is 10.9 Å². The van der Waals surface area contributed by atoms with E-state index in [2.05, 4.69) is 20.5 Å². The molecule has 3 aromatic rings. The lowest BCUT2D eigenvalue weighted by Crippen LogP contribution is -2.36. The molecule has 166 valence electrons. The lowest BCUT2D eigenvalue weighted by atomic mass is 10.2. The van der Waals surface area contributed by atoms with Crippen molar-refractivity contribution in [3.63, 3.8) is 0 Å². The zero-order chi connectivity index (χ0) is 23.1. The Morgan fingerprint density at radius 3 is 2.32 bits per heavy atom. The van der Waals surface area contributed by atoms with E-state index < -0.39 is 29.2 Å². The molecule has 0 unspecified atom stereocenters. The number of rotatable bonds is 5. The molecule has 3 aromatic heterocycles. The number of hydrogen-bond acceptors (Lipinski definition) is 5. The summed E-state index contributed by atoms with van der Waals surface area (Å²) in [6.07, 6.45) is -3.76. The Morgan fingerprint density at radius 2 is 1.77 bits per heavy atom. The minimum Gasteiger partial charge on any atom is -0.346 e. The van der Waals surface area contributed by atoms with Gasteiger partial charge in [-0.25, -0.2) is 4.68 Å². The van der Waals surface area contributed by atoms with Gasteiger partial charge in [-0.05, 0) is 46.8 Å². The number of fused-ring (bicyclic) bond motifs is 1. The summed E-state index contributed by atoms with van der Waals surface area (Å²) in [5.74, 6) is -0.519. The van der Waals surface area contributed by atoms with E-state index in [1.54, 1.807) is 25.5 Å². The molecule has 11 heteroatoms. The largest absolute Gasteiger partial charge is 0.417 e. The molecule has 1 N–H and O–H groups in total. The smallest absolute Gasteiger partial charge is 0.346 e. The molecule has 0 spiro atoms. The van der Waals surface area contributed by atoms with Crippen LogP contribution in [0.25, 0.3) is 10.9 Å². The molecule has 0 saturated carbocycles. The highest BCUT2D eigenvalue weighted by Crippen LogP contribution is 2.29. The van der Waals surface area contributed by atoms with Crippen LogP contribution in [-0.2, 0) is 17.5 Å². The Balaban J connectivity index is 1.83. The zero-order valence-electron chi connectivity index (χ0n) is 17.8. The summed E-state index contributed by atoms with van der Waals surface area (Å²) in [6, 6.07) is 1.40. The standard InChI is InChI=1S/C20H23F3N6O2/c1-10(2)29-18-17(13(5)27-29)12(4)26-28(19(18)31)9-16(30)25-11(3)15-7-6-14(8-24-15)20(21,22)23/h6-8,10-11H,9H2,1-5H3,(H,25,30)/t11-/m0/s1. The lowest BCUT2D eigenvalue weighted by molar-refractivity contribution is -0.137. The van der Waals surface area contributed by atoms with Gasteiger partial charge >= 0.3 is 6.18 Å². The van der Waals surface area contributed by atoms with Crippen LogP contribution in [0.2, 0.25) is 0 Å². The number of amides is 1. The van der Waals surface area contributed by atoms with E-state index >= 15 is 0 Å². The Kier molecular flexibility index (Phi) is 5.88. The molecule has 0 aliphatic rings. The number of pyridine rings is 1. The first kappa shape index (κ1) is 22.4. The molecule has 31 heavy (non-hydrogen) atoms. The molecular formula is C20H23F3N6O2. The number of halogens is 3. The molecule has 3 heterocycles. The minimum absolute atomic E-state index is 0.0567. The highest BCUT2D eigenvalue weighted by atomic mass is 19.4. The second-order valence-electron chi connectivity index (χ2n) is 7.65. The average Bonchev–Trinajstić information content (AvgIpc) is 3.03. The number of alkyl halides is 3. The van der Waals surface area contributed by atoms with Crippen LogP contribution in [0, 0.1) is 13.8 Å². The number of aryl methyl sites for hydroxylation is 2. The topological polar surface area (TPSA) is 94.7 Å². The second-order valence-corrected chi connectivity index (χ2v) is 7.65. The molecule has 0 fully saturated rings. The second kappa shape index (κ2) is 8.12.